The SMILES string of the molecule is CC(C(=O)NC1CCCC1)N(Cc1ccccc1F)C(=O)CN(c1ccccc1)S(=O)(=O)c1ccccc1. The van der Waals surface area contributed by atoms with Crippen LogP contribution in [0.2, 0.25) is 0 Å². The molecule has 1 atom stereocenters. The van der Waals surface area contributed by atoms with Crippen molar-refractivity contribution in [1.82, 2.24) is 10.2 Å². The number of benzene rings is 3. The van der Waals surface area contributed by atoms with Gasteiger partial charge >= 0.3 is 0 Å². The lowest BCUT2D eigenvalue weighted by Gasteiger charge is -2.32. The molecule has 3 aromatic rings. The number of hydrogen-bond acceptors (Lipinski definition) is 4. The van der Waals surface area contributed by atoms with Crippen molar-refractivity contribution in [2.45, 2.75) is 56.1 Å². The van der Waals surface area contributed by atoms with Crippen molar-refractivity contribution < 1.29 is 22.4 Å². The maximum Gasteiger partial charge on any atom is 0.264 e. The van der Waals surface area contributed by atoms with Crippen molar-refractivity contribution in [1.29, 1.82) is 0 Å². The monoisotopic (exact) mass is 537 g/mol. The van der Waals surface area contributed by atoms with Crippen LogP contribution in [0.5, 0.6) is 0 Å². The Bertz CT molecular complexity index is 1350. The van der Waals surface area contributed by atoms with Gasteiger partial charge in [-0.15, -0.1) is 0 Å². The third kappa shape index (κ3) is 6.39. The summed E-state index contributed by atoms with van der Waals surface area (Å²) in [7, 11) is -4.12. The quantitative estimate of drug-likeness (QED) is 0.413. The summed E-state index contributed by atoms with van der Waals surface area (Å²) in [5.41, 5.74) is 0.539. The van der Waals surface area contributed by atoms with Crippen molar-refractivity contribution in [3.63, 3.8) is 0 Å². The molecular formula is C29H32FN3O4S. The van der Waals surface area contributed by atoms with Crippen LogP contribution in [0.4, 0.5) is 10.1 Å². The second kappa shape index (κ2) is 12.2. The predicted molar refractivity (Wildman–Crippen MR) is 144 cm³/mol. The first-order valence-electron chi connectivity index (χ1n) is 12.7. The van der Waals surface area contributed by atoms with Gasteiger partial charge in [-0.05, 0) is 50.1 Å². The van der Waals surface area contributed by atoms with Gasteiger partial charge in [0.05, 0.1) is 10.6 Å². The van der Waals surface area contributed by atoms with Gasteiger partial charge in [0.15, 0.2) is 0 Å². The van der Waals surface area contributed by atoms with Gasteiger partial charge in [-0.3, -0.25) is 13.9 Å². The molecule has 0 heterocycles. The first-order chi connectivity index (χ1) is 18.3. The number of carbonyl (C=O) groups excluding carboxylic acids is 2. The summed E-state index contributed by atoms with van der Waals surface area (Å²) in [6, 6.07) is 21.3. The Hall–Kier alpha value is -3.72. The van der Waals surface area contributed by atoms with E-state index >= 15 is 0 Å². The number of amides is 2. The lowest BCUT2D eigenvalue weighted by atomic mass is 10.1. The maximum atomic E-state index is 14.6. The Morgan fingerprint density at radius 1 is 0.921 bits per heavy atom. The highest BCUT2D eigenvalue weighted by Gasteiger charge is 2.33. The van der Waals surface area contributed by atoms with Crippen molar-refractivity contribution in [2.24, 2.45) is 0 Å². The number of halogens is 1. The number of sulfonamides is 1. The molecule has 0 spiro atoms. The number of carbonyl (C=O) groups is 2. The minimum Gasteiger partial charge on any atom is -0.352 e. The molecule has 0 aromatic heterocycles. The molecule has 1 aliphatic carbocycles. The summed E-state index contributed by atoms with van der Waals surface area (Å²) >= 11 is 0. The second-order valence-corrected chi connectivity index (χ2v) is 11.3. The van der Waals surface area contributed by atoms with Gasteiger partial charge in [0, 0.05) is 18.2 Å². The number of nitrogens with zero attached hydrogens (tertiary/aromatic N) is 2. The normalized spacial score (nSPS) is 14.6. The first-order valence-corrected chi connectivity index (χ1v) is 14.2. The largest absolute Gasteiger partial charge is 0.352 e. The second-order valence-electron chi connectivity index (χ2n) is 9.44. The fourth-order valence-electron chi connectivity index (χ4n) is 4.63. The van der Waals surface area contributed by atoms with Crippen LogP contribution in [-0.4, -0.2) is 43.8 Å². The van der Waals surface area contributed by atoms with E-state index in [1.807, 2.05) is 0 Å². The van der Waals surface area contributed by atoms with Crippen LogP contribution in [0.15, 0.2) is 89.8 Å². The predicted octanol–water partition coefficient (Wildman–Crippen LogP) is 4.50. The number of rotatable bonds is 10. The minimum atomic E-state index is -4.12. The van der Waals surface area contributed by atoms with Gasteiger partial charge < -0.3 is 10.2 Å². The van der Waals surface area contributed by atoms with E-state index in [-0.39, 0.29) is 29.0 Å². The zero-order chi connectivity index (χ0) is 27.1. The molecule has 1 fully saturated rings. The van der Waals surface area contributed by atoms with E-state index in [1.165, 1.54) is 23.1 Å². The van der Waals surface area contributed by atoms with Gasteiger partial charge in [-0.2, -0.15) is 0 Å². The zero-order valence-corrected chi connectivity index (χ0v) is 22.1. The average Bonchev–Trinajstić information content (AvgIpc) is 3.44. The molecule has 0 radical (unpaired) electrons. The molecular weight excluding hydrogens is 505 g/mol. The number of anilines is 1. The standard InChI is InChI=1S/C29H32FN3O4S/c1-22(29(35)31-24-13-9-10-14-24)32(20-23-12-8-11-19-27(23)30)28(34)21-33(25-15-4-2-5-16-25)38(36,37)26-17-6-3-7-18-26/h2-8,11-12,15-19,22,24H,9-10,13-14,20-21H2,1H3,(H,31,35). The molecule has 0 bridgehead atoms. The van der Waals surface area contributed by atoms with E-state index in [4.69, 9.17) is 0 Å². The van der Waals surface area contributed by atoms with Crippen molar-refractivity contribution >= 4 is 27.5 Å². The molecule has 3 aromatic carbocycles. The lowest BCUT2D eigenvalue weighted by Crippen LogP contribution is -2.52. The number of para-hydroxylation sites is 1. The smallest absolute Gasteiger partial charge is 0.264 e. The summed E-state index contributed by atoms with van der Waals surface area (Å²) in [5.74, 6) is -1.48. The van der Waals surface area contributed by atoms with E-state index in [2.05, 4.69) is 5.32 Å². The summed E-state index contributed by atoms with van der Waals surface area (Å²) in [6.45, 7) is 0.844. The van der Waals surface area contributed by atoms with Crippen LogP contribution in [0.25, 0.3) is 0 Å². The minimum absolute atomic E-state index is 0.0318. The van der Waals surface area contributed by atoms with Crippen molar-refractivity contribution in [2.75, 3.05) is 10.8 Å². The lowest BCUT2D eigenvalue weighted by molar-refractivity contribution is -0.139. The van der Waals surface area contributed by atoms with Crippen molar-refractivity contribution in [3.8, 4) is 0 Å². The molecule has 1 N–H and O–H groups in total. The number of nitrogens with one attached hydrogen (secondary N) is 1. The fourth-order valence-corrected chi connectivity index (χ4v) is 6.06. The van der Waals surface area contributed by atoms with E-state index in [9.17, 15) is 22.4 Å². The Morgan fingerprint density at radius 2 is 1.50 bits per heavy atom. The molecule has 200 valence electrons. The van der Waals surface area contributed by atoms with E-state index in [0.717, 1.165) is 30.0 Å². The van der Waals surface area contributed by atoms with Crippen LogP contribution in [0, 0.1) is 5.82 Å². The Morgan fingerprint density at radius 3 is 2.13 bits per heavy atom. The van der Waals surface area contributed by atoms with Crippen LogP contribution in [0.3, 0.4) is 0 Å². The van der Waals surface area contributed by atoms with Gasteiger partial charge in [-0.25, -0.2) is 12.8 Å². The molecule has 0 saturated heterocycles. The van der Waals surface area contributed by atoms with Crippen LogP contribution in [-0.2, 0) is 26.2 Å². The highest BCUT2D eigenvalue weighted by atomic mass is 32.2. The van der Waals surface area contributed by atoms with Gasteiger partial charge in [-0.1, -0.05) is 67.4 Å². The average molecular weight is 538 g/mol. The molecule has 38 heavy (non-hydrogen) atoms. The van der Waals surface area contributed by atoms with Crippen LogP contribution in [0.1, 0.15) is 38.2 Å². The van der Waals surface area contributed by atoms with Crippen LogP contribution < -0.4 is 9.62 Å². The third-order valence-electron chi connectivity index (χ3n) is 6.82. The summed E-state index contributed by atoms with van der Waals surface area (Å²) in [4.78, 5) is 28.3. The first kappa shape index (κ1) is 27.3. The molecule has 9 heteroatoms. The highest BCUT2D eigenvalue weighted by molar-refractivity contribution is 7.92. The summed E-state index contributed by atoms with van der Waals surface area (Å²) in [6.07, 6.45) is 3.80. The Labute approximate surface area is 223 Å². The molecule has 7 nitrogen and oxygen atoms in total. The molecule has 1 unspecified atom stereocenters. The van der Waals surface area contributed by atoms with E-state index in [1.54, 1.807) is 73.7 Å². The fraction of sp³-hybridized carbons (Fsp3) is 0.310. The van der Waals surface area contributed by atoms with Gasteiger partial charge in [0.1, 0.15) is 18.4 Å². The van der Waals surface area contributed by atoms with Crippen molar-refractivity contribution in [3.05, 3.63) is 96.3 Å². The van der Waals surface area contributed by atoms with Gasteiger partial charge in [0.2, 0.25) is 11.8 Å². The molecule has 1 aliphatic rings. The molecule has 4 rings (SSSR count). The Kier molecular flexibility index (Phi) is 8.78. The molecule has 2 amide bonds. The summed E-state index contributed by atoms with van der Waals surface area (Å²) < 4.78 is 42.9. The highest BCUT2D eigenvalue weighted by Crippen LogP contribution is 2.25. The topological polar surface area (TPSA) is 86.8 Å². The number of hydrogen-bond donors (Lipinski definition) is 1. The molecule has 1 saturated carbocycles. The van der Waals surface area contributed by atoms with E-state index < -0.39 is 34.3 Å². The summed E-state index contributed by atoms with van der Waals surface area (Å²) in [5, 5.41) is 3.00. The molecule has 0 aliphatic heterocycles. The Balaban J connectivity index is 1.66. The van der Waals surface area contributed by atoms with Gasteiger partial charge in [0.25, 0.3) is 10.0 Å². The zero-order valence-electron chi connectivity index (χ0n) is 21.3. The third-order valence-corrected chi connectivity index (χ3v) is 8.61. The van der Waals surface area contributed by atoms with E-state index in [0.29, 0.717) is 5.69 Å². The van der Waals surface area contributed by atoms with Crippen LogP contribution >= 0.6 is 0 Å². The maximum absolute atomic E-state index is 14.6.